The molecular weight excluding hydrogens is 392 g/mol. The third kappa shape index (κ3) is 6.01. The predicted octanol–water partition coefficient (Wildman–Crippen LogP) is 2.75. The van der Waals surface area contributed by atoms with Gasteiger partial charge in [-0.1, -0.05) is 6.07 Å². The van der Waals surface area contributed by atoms with Crippen LogP contribution in [0, 0.1) is 0 Å². The smallest absolute Gasteiger partial charge is 0.251 e. The monoisotopic (exact) mass is 418 g/mol. The summed E-state index contributed by atoms with van der Waals surface area (Å²) in [7, 11) is -1.96. The molecule has 1 saturated carbocycles. The lowest BCUT2D eigenvalue weighted by atomic mass is 10.2. The lowest BCUT2D eigenvalue weighted by Gasteiger charge is -2.12. The van der Waals surface area contributed by atoms with Gasteiger partial charge in [0.2, 0.25) is 5.88 Å². The van der Waals surface area contributed by atoms with E-state index >= 15 is 0 Å². The number of pyridine rings is 1. The fourth-order valence-electron chi connectivity index (χ4n) is 3.17. The number of hydrogen-bond acceptors (Lipinski definition) is 6. The normalized spacial score (nSPS) is 14.7. The van der Waals surface area contributed by atoms with E-state index in [0.29, 0.717) is 18.0 Å². The van der Waals surface area contributed by atoms with Gasteiger partial charge in [-0.05, 0) is 55.5 Å². The van der Waals surface area contributed by atoms with Crippen LogP contribution in [0.1, 0.15) is 41.6 Å². The number of methoxy groups -OCH3 is 1. The maximum atomic E-state index is 12.3. The summed E-state index contributed by atoms with van der Waals surface area (Å²) in [6.07, 6.45) is 6.51. The van der Waals surface area contributed by atoms with Crippen LogP contribution >= 0.6 is 0 Å². The summed E-state index contributed by atoms with van der Waals surface area (Å²) in [5.74, 6) is 0.233. The maximum absolute atomic E-state index is 12.3. The van der Waals surface area contributed by atoms with Crippen LogP contribution in [0.25, 0.3) is 0 Å². The molecule has 1 amide bonds. The average Bonchev–Trinajstić information content (AvgIpc) is 3.25. The summed E-state index contributed by atoms with van der Waals surface area (Å²) in [5, 5.41) is 2.81. The second kappa shape index (κ2) is 9.84. The Hall–Kier alpha value is -2.45. The first-order valence-corrected chi connectivity index (χ1v) is 11.3. The van der Waals surface area contributed by atoms with Crippen molar-refractivity contribution in [1.82, 2.24) is 10.3 Å². The molecule has 156 valence electrons. The highest BCUT2D eigenvalue weighted by Gasteiger charge is 2.17. The fourth-order valence-corrected chi connectivity index (χ4v) is 4.34. The lowest BCUT2D eigenvalue weighted by molar-refractivity contribution is 0.0951. The van der Waals surface area contributed by atoms with Crippen LogP contribution in [0.15, 0.2) is 47.5 Å². The lowest BCUT2D eigenvalue weighted by Crippen LogP contribution is -2.23. The Bertz CT molecular complexity index is 905. The zero-order chi connectivity index (χ0) is 20.7. The Morgan fingerprint density at radius 1 is 1.14 bits per heavy atom. The van der Waals surface area contributed by atoms with Gasteiger partial charge in [0.25, 0.3) is 5.91 Å². The summed E-state index contributed by atoms with van der Waals surface area (Å²) in [6.45, 7) is 0.451. The zero-order valence-electron chi connectivity index (χ0n) is 16.5. The van der Waals surface area contributed by atoms with Gasteiger partial charge in [0.1, 0.15) is 6.10 Å². The molecule has 8 heteroatoms. The van der Waals surface area contributed by atoms with E-state index in [-0.39, 0.29) is 29.3 Å². The van der Waals surface area contributed by atoms with Crippen molar-refractivity contribution in [1.29, 1.82) is 0 Å². The molecule has 29 heavy (non-hydrogen) atoms. The Labute approximate surface area is 171 Å². The molecule has 0 saturated heterocycles. The van der Waals surface area contributed by atoms with Crippen molar-refractivity contribution in [3.63, 3.8) is 0 Å². The summed E-state index contributed by atoms with van der Waals surface area (Å²) in [5.41, 5.74) is 1.25. The number of amides is 1. The molecule has 0 radical (unpaired) electrons. The van der Waals surface area contributed by atoms with Crippen molar-refractivity contribution in [2.45, 2.75) is 43.2 Å². The van der Waals surface area contributed by atoms with Gasteiger partial charge >= 0.3 is 0 Å². The highest BCUT2D eigenvalue weighted by molar-refractivity contribution is 7.91. The third-order valence-electron chi connectivity index (χ3n) is 4.87. The molecular formula is C21H26N2O5S. The van der Waals surface area contributed by atoms with Crippen LogP contribution < -0.4 is 10.1 Å². The van der Waals surface area contributed by atoms with E-state index in [2.05, 4.69) is 10.3 Å². The second-order valence-corrected chi connectivity index (χ2v) is 9.16. The first-order valence-electron chi connectivity index (χ1n) is 9.69. The van der Waals surface area contributed by atoms with E-state index in [1.165, 1.54) is 44.2 Å². The van der Waals surface area contributed by atoms with E-state index in [9.17, 15) is 13.2 Å². The molecule has 0 aliphatic heterocycles. The van der Waals surface area contributed by atoms with Gasteiger partial charge in [-0.25, -0.2) is 13.4 Å². The first kappa shape index (κ1) is 21.3. The number of sulfone groups is 1. The third-order valence-corrected chi connectivity index (χ3v) is 6.57. The van der Waals surface area contributed by atoms with Crippen molar-refractivity contribution in [3.05, 3.63) is 53.7 Å². The van der Waals surface area contributed by atoms with Gasteiger partial charge in [-0.15, -0.1) is 0 Å². The summed E-state index contributed by atoms with van der Waals surface area (Å²) >= 11 is 0. The van der Waals surface area contributed by atoms with Crippen molar-refractivity contribution in [2.24, 2.45) is 0 Å². The minimum atomic E-state index is -3.41. The molecule has 0 spiro atoms. The highest BCUT2D eigenvalue weighted by atomic mass is 32.2. The van der Waals surface area contributed by atoms with Gasteiger partial charge in [0, 0.05) is 31.5 Å². The minimum absolute atomic E-state index is 0.0947. The van der Waals surface area contributed by atoms with E-state index < -0.39 is 9.84 Å². The molecule has 0 bridgehead atoms. The summed E-state index contributed by atoms with van der Waals surface area (Å²) in [4.78, 5) is 16.8. The molecule has 7 nitrogen and oxygen atoms in total. The van der Waals surface area contributed by atoms with Gasteiger partial charge in [0.15, 0.2) is 9.84 Å². The van der Waals surface area contributed by atoms with Crippen LogP contribution in [-0.4, -0.2) is 44.9 Å². The fraction of sp³-hybridized carbons (Fsp3) is 0.429. The SMILES string of the molecule is COCCS(=O)(=O)c1ccc(C(=O)NCc2ccc(OC3CCCC3)nc2)cc1. The van der Waals surface area contributed by atoms with E-state index in [1.54, 1.807) is 6.20 Å². The Morgan fingerprint density at radius 2 is 1.86 bits per heavy atom. The van der Waals surface area contributed by atoms with Crippen LogP contribution in [0.4, 0.5) is 0 Å². The van der Waals surface area contributed by atoms with Crippen molar-refractivity contribution >= 4 is 15.7 Å². The van der Waals surface area contributed by atoms with Crippen LogP contribution in [0.2, 0.25) is 0 Å². The predicted molar refractivity (Wildman–Crippen MR) is 109 cm³/mol. The molecule has 1 aliphatic rings. The Kier molecular flexibility index (Phi) is 7.22. The van der Waals surface area contributed by atoms with E-state index in [1.807, 2.05) is 12.1 Å². The number of benzene rings is 1. The number of nitrogens with one attached hydrogen (secondary N) is 1. The van der Waals surface area contributed by atoms with E-state index in [4.69, 9.17) is 9.47 Å². The van der Waals surface area contributed by atoms with Gasteiger partial charge in [-0.3, -0.25) is 4.79 Å². The number of ether oxygens (including phenoxy) is 2. The van der Waals surface area contributed by atoms with E-state index in [0.717, 1.165) is 18.4 Å². The second-order valence-electron chi connectivity index (χ2n) is 7.05. The number of aromatic nitrogens is 1. The van der Waals surface area contributed by atoms with Crippen molar-refractivity contribution in [2.75, 3.05) is 19.5 Å². The van der Waals surface area contributed by atoms with Gasteiger partial charge in [0.05, 0.1) is 17.3 Å². The number of nitrogens with zero attached hydrogens (tertiary/aromatic N) is 1. The standard InChI is InChI=1S/C21H26N2O5S/c1-27-12-13-29(25,26)19-9-7-17(8-10-19)21(24)23-15-16-6-11-20(22-14-16)28-18-4-2-3-5-18/h6-11,14,18H,2-5,12-13,15H2,1H3,(H,23,24). The van der Waals surface area contributed by atoms with Gasteiger partial charge in [-0.2, -0.15) is 0 Å². The molecule has 1 aliphatic carbocycles. The molecule has 3 rings (SSSR count). The summed E-state index contributed by atoms with van der Waals surface area (Å²) in [6, 6.07) is 9.59. The minimum Gasteiger partial charge on any atom is -0.474 e. The molecule has 1 aromatic carbocycles. The Morgan fingerprint density at radius 3 is 2.48 bits per heavy atom. The quantitative estimate of drug-likeness (QED) is 0.673. The number of rotatable bonds is 9. The molecule has 1 heterocycles. The summed E-state index contributed by atoms with van der Waals surface area (Å²) < 4.78 is 34.9. The molecule has 0 unspecified atom stereocenters. The van der Waals surface area contributed by atoms with Crippen LogP contribution in [0.5, 0.6) is 5.88 Å². The van der Waals surface area contributed by atoms with Crippen molar-refractivity contribution in [3.8, 4) is 5.88 Å². The highest BCUT2D eigenvalue weighted by Crippen LogP contribution is 2.22. The molecule has 2 aromatic rings. The van der Waals surface area contributed by atoms with Crippen LogP contribution in [0.3, 0.4) is 0 Å². The average molecular weight is 419 g/mol. The molecule has 1 aromatic heterocycles. The Balaban J connectivity index is 1.52. The van der Waals surface area contributed by atoms with Crippen molar-refractivity contribution < 1.29 is 22.7 Å². The van der Waals surface area contributed by atoms with Crippen LogP contribution in [-0.2, 0) is 21.1 Å². The molecule has 1 N–H and O–H groups in total. The molecule has 0 atom stereocenters. The van der Waals surface area contributed by atoms with Gasteiger partial charge < -0.3 is 14.8 Å². The molecule has 1 fully saturated rings. The number of carbonyl (C=O) groups is 1. The zero-order valence-corrected chi connectivity index (χ0v) is 17.3. The topological polar surface area (TPSA) is 94.6 Å². The first-order chi connectivity index (χ1) is 14.0. The number of carbonyl (C=O) groups excluding carboxylic acids is 1. The largest absolute Gasteiger partial charge is 0.474 e. The maximum Gasteiger partial charge on any atom is 0.251 e. The number of hydrogen-bond donors (Lipinski definition) is 1.